The zero-order valence-electron chi connectivity index (χ0n) is 17.2. The monoisotopic (exact) mass is 424 g/mol. The second kappa shape index (κ2) is 8.79. The Kier molecular flexibility index (Phi) is 5.95. The number of anilines is 1. The maximum atomic E-state index is 12.8. The van der Waals surface area contributed by atoms with Crippen molar-refractivity contribution in [3.05, 3.63) is 76.6 Å². The second-order valence-corrected chi connectivity index (χ2v) is 8.03. The normalized spacial score (nSPS) is 14.1. The van der Waals surface area contributed by atoms with Gasteiger partial charge in [0.25, 0.3) is 5.91 Å². The van der Waals surface area contributed by atoms with Crippen LogP contribution in [0.25, 0.3) is 0 Å². The number of rotatable bonds is 5. The lowest BCUT2D eigenvalue weighted by Gasteiger charge is -2.35. The Labute approximate surface area is 181 Å². The zero-order valence-corrected chi connectivity index (χ0v) is 18.0. The van der Waals surface area contributed by atoms with E-state index in [4.69, 9.17) is 16.3 Å². The van der Waals surface area contributed by atoms with Crippen LogP contribution in [-0.4, -0.2) is 46.8 Å². The lowest BCUT2D eigenvalue weighted by molar-refractivity contribution is 0.0738. The van der Waals surface area contributed by atoms with Crippen LogP contribution in [0.4, 0.5) is 5.69 Å². The van der Waals surface area contributed by atoms with E-state index in [1.54, 1.807) is 16.9 Å². The predicted octanol–water partition coefficient (Wildman–Crippen LogP) is 4.15. The average molecular weight is 425 g/mol. The largest absolute Gasteiger partial charge is 0.471 e. The standard InChI is InChI=1S/C23H25ClN4O2/c1-17-13-18(2)15-21(14-17)30-16-28-8-7-22(25-28)23(29)27-11-9-26(10-12-27)20-5-3-19(24)4-6-20/h3-8,13-15H,9-12,16H2,1-2H3. The minimum absolute atomic E-state index is 0.0455. The highest BCUT2D eigenvalue weighted by Gasteiger charge is 2.23. The molecule has 1 fully saturated rings. The van der Waals surface area contributed by atoms with Gasteiger partial charge in [-0.05, 0) is 67.4 Å². The Balaban J connectivity index is 1.32. The first-order valence-electron chi connectivity index (χ1n) is 10.0. The van der Waals surface area contributed by atoms with E-state index in [9.17, 15) is 4.79 Å². The van der Waals surface area contributed by atoms with Crippen molar-refractivity contribution in [2.75, 3.05) is 31.1 Å². The van der Waals surface area contributed by atoms with Crippen LogP contribution < -0.4 is 9.64 Å². The van der Waals surface area contributed by atoms with E-state index in [0.29, 0.717) is 18.8 Å². The molecule has 30 heavy (non-hydrogen) atoms. The number of carbonyl (C=O) groups excluding carboxylic acids is 1. The Bertz CT molecular complexity index is 1000. The molecular formula is C23H25ClN4O2. The van der Waals surface area contributed by atoms with E-state index in [-0.39, 0.29) is 12.6 Å². The van der Waals surface area contributed by atoms with Crippen LogP contribution in [0.2, 0.25) is 5.02 Å². The average Bonchev–Trinajstić information content (AvgIpc) is 3.21. The van der Waals surface area contributed by atoms with Crippen molar-refractivity contribution in [2.45, 2.75) is 20.6 Å². The van der Waals surface area contributed by atoms with Crippen molar-refractivity contribution >= 4 is 23.2 Å². The minimum Gasteiger partial charge on any atom is -0.471 e. The number of hydrogen-bond acceptors (Lipinski definition) is 4. The summed E-state index contributed by atoms with van der Waals surface area (Å²) in [6.07, 6.45) is 1.78. The molecule has 0 N–H and O–H groups in total. The van der Waals surface area contributed by atoms with Gasteiger partial charge in [0.1, 0.15) is 5.75 Å². The smallest absolute Gasteiger partial charge is 0.274 e. The van der Waals surface area contributed by atoms with E-state index < -0.39 is 0 Å². The van der Waals surface area contributed by atoms with Crippen LogP contribution in [0.3, 0.4) is 0 Å². The predicted molar refractivity (Wildman–Crippen MR) is 118 cm³/mol. The van der Waals surface area contributed by atoms with Gasteiger partial charge in [-0.2, -0.15) is 5.10 Å². The van der Waals surface area contributed by atoms with Gasteiger partial charge < -0.3 is 14.5 Å². The molecule has 1 aliphatic heterocycles. The molecule has 7 heteroatoms. The topological polar surface area (TPSA) is 50.6 Å². The van der Waals surface area contributed by atoms with Gasteiger partial charge in [0, 0.05) is 43.1 Å². The SMILES string of the molecule is Cc1cc(C)cc(OCn2ccc(C(=O)N3CCN(c4ccc(Cl)cc4)CC3)n2)c1. The highest BCUT2D eigenvalue weighted by molar-refractivity contribution is 6.30. The summed E-state index contributed by atoms with van der Waals surface area (Å²) >= 11 is 5.97. The van der Waals surface area contributed by atoms with Crippen molar-refractivity contribution in [1.82, 2.24) is 14.7 Å². The molecule has 0 bridgehead atoms. The second-order valence-electron chi connectivity index (χ2n) is 7.59. The molecule has 3 aromatic rings. The fourth-order valence-electron chi connectivity index (χ4n) is 3.69. The van der Waals surface area contributed by atoms with Gasteiger partial charge in [0.2, 0.25) is 0 Å². The quantitative estimate of drug-likeness (QED) is 0.617. The molecule has 2 heterocycles. The lowest BCUT2D eigenvalue weighted by Crippen LogP contribution is -2.48. The molecule has 0 saturated carbocycles. The third-order valence-electron chi connectivity index (χ3n) is 5.18. The number of amides is 1. The Morgan fingerprint density at radius 2 is 1.67 bits per heavy atom. The summed E-state index contributed by atoms with van der Waals surface area (Å²) in [5.74, 6) is 0.755. The molecule has 0 unspecified atom stereocenters. The first-order chi connectivity index (χ1) is 14.5. The van der Waals surface area contributed by atoms with Crippen LogP contribution in [0.15, 0.2) is 54.7 Å². The molecule has 1 amide bonds. The van der Waals surface area contributed by atoms with Crippen LogP contribution >= 0.6 is 11.6 Å². The molecule has 6 nitrogen and oxygen atoms in total. The Morgan fingerprint density at radius 3 is 2.33 bits per heavy atom. The molecule has 0 radical (unpaired) electrons. The van der Waals surface area contributed by atoms with Gasteiger partial charge in [0.05, 0.1) is 0 Å². The summed E-state index contributed by atoms with van der Waals surface area (Å²) in [6.45, 7) is 7.23. The number of aromatic nitrogens is 2. The molecule has 1 saturated heterocycles. The van der Waals surface area contributed by atoms with E-state index in [1.165, 1.54) is 0 Å². The molecule has 1 aromatic heterocycles. The van der Waals surface area contributed by atoms with Crippen molar-refractivity contribution in [3.63, 3.8) is 0 Å². The number of carbonyl (C=O) groups is 1. The number of hydrogen-bond donors (Lipinski definition) is 0. The molecule has 0 atom stereocenters. The number of ether oxygens (including phenoxy) is 1. The summed E-state index contributed by atoms with van der Waals surface area (Å²) in [7, 11) is 0. The van der Waals surface area contributed by atoms with E-state index in [0.717, 1.165) is 40.7 Å². The molecule has 4 rings (SSSR count). The van der Waals surface area contributed by atoms with Crippen LogP contribution in [-0.2, 0) is 6.73 Å². The third kappa shape index (κ3) is 4.76. The number of benzene rings is 2. The van der Waals surface area contributed by atoms with Crippen molar-refractivity contribution < 1.29 is 9.53 Å². The van der Waals surface area contributed by atoms with Gasteiger partial charge in [-0.15, -0.1) is 0 Å². The number of nitrogens with zero attached hydrogens (tertiary/aromatic N) is 4. The molecule has 156 valence electrons. The minimum atomic E-state index is -0.0455. The first kappa shape index (κ1) is 20.3. The first-order valence-corrected chi connectivity index (χ1v) is 10.4. The van der Waals surface area contributed by atoms with E-state index in [1.807, 2.05) is 55.1 Å². The van der Waals surface area contributed by atoms with E-state index in [2.05, 4.69) is 16.1 Å². The summed E-state index contributed by atoms with van der Waals surface area (Å²) in [5, 5.41) is 5.13. The fourth-order valence-corrected chi connectivity index (χ4v) is 3.81. The third-order valence-corrected chi connectivity index (χ3v) is 5.43. The summed E-state index contributed by atoms with van der Waals surface area (Å²) in [6, 6.07) is 15.6. The van der Waals surface area contributed by atoms with Crippen molar-refractivity contribution in [2.24, 2.45) is 0 Å². The lowest BCUT2D eigenvalue weighted by atomic mass is 10.1. The zero-order chi connectivity index (χ0) is 21.1. The van der Waals surface area contributed by atoms with Gasteiger partial charge in [0.15, 0.2) is 12.4 Å². The number of piperazine rings is 1. The van der Waals surface area contributed by atoms with Gasteiger partial charge in [-0.25, -0.2) is 4.68 Å². The maximum Gasteiger partial charge on any atom is 0.274 e. The van der Waals surface area contributed by atoms with Gasteiger partial charge in [-0.1, -0.05) is 17.7 Å². The van der Waals surface area contributed by atoms with E-state index >= 15 is 0 Å². The highest BCUT2D eigenvalue weighted by atomic mass is 35.5. The summed E-state index contributed by atoms with van der Waals surface area (Å²) in [5.41, 5.74) is 3.87. The van der Waals surface area contributed by atoms with Crippen LogP contribution in [0.5, 0.6) is 5.75 Å². The Hall–Kier alpha value is -2.99. The van der Waals surface area contributed by atoms with Gasteiger partial charge in [-0.3, -0.25) is 4.79 Å². The number of halogens is 1. The van der Waals surface area contributed by atoms with Crippen molar-refractivity contribution in [1.29, 1.82) is 0 Å². The number of aryl methyl sites for hydroxylation is 2. The summed E-state index contributed by atoms with van der Waals surface area (Å²) in [4.78, 5) is 16.9. The van der Waals surface area contributed by atoms with Crippen LogP contribution in [0, 0.1) is 13.8 Å². The molecular weight excluding hydrogens is 400 g/mol. The maximum absolute atomic E-state index is 12.8. The molecule has 0 spiro atoms. The molecule has 1 aliphatic rings. The highest BCUT2D eigenvalue weighted by Crippen LogP contribution is 2.20. The van der Waals surface area contributed by atoms with Gasteiger partial charge >= 0.3 is 0 Å². The molecule has 0 aliphatic carbocycles. The summed E-state index contributed by atoms with van der Waals surface area (Å²) < 4.78 is 7.47. The molecule has 2 aromatic carbocycles. The van der Waals surface area contributed by atoms with Crippen molar-refractivity contribution in [3.8, 4) is 5.75 Å². The van der Waals surface area contributed by atoms with Crippen LogP contribution in [0.1, 0.15) is 21.6 Å². The Morgan fingerprint density at radius 1 is 1.00 bits per heavy atom. The fraction of sp³-hybridized carbons (Fsp3) is 0.304.